The van der Waals surface area contributed by atoms with Crippen molar-refractivity contribution in [2.45, 2.75) is 6.42 Å². The molecule has 0 spiro atoms. The average Bonchev–Trinajstić information content (AvgIpc) is 2.93. The fraction of sp³-hybridized carbons (Fsp3) is 0.500. The summed E-state index contributed by atoms with van der Waals surface area (Å²) in [6, 6.07) is 8.03. The Morgan fingerprint density at radius 3 is 3.05 bits per heavy atom. The van der Waals surface area contributed by atoms with Crippen LogP contribution in [0.3, 0.4) is 0 Å². The highest BCUT2D eigenvalue weighted by molar-refractivity contribution is 5.77. The number of anilines is 1. The molecule has 0 saturated carbocycles. The van der Waals surface area contributed by atoms with Gasteiger partial charge < -0.3 is 20.7 Å². The first-order chi connectivity index (χ1) is 9.24. The van der Waals surface area contributed by atoms with Crippen molar-refractivity contribution < 1.29 is 9.53 Å². The normalized spacial score (nSPS) is 18.4. The van der Waals surface area contributed by atoms with Gasteiger partial charge in [0.1, 0.15) is 5.75 Å². The molecule has 104 valence electrons. The predicted octanol–water partition coefficient (Wildman–Crippen LogP) is 0.596. The third-order valence-corrected chi connectivity index (χ3v) is 3.49. The molecule has 1 aromatic carbocycles. The molecule has 1 saturated heterocycles. The summed E-state index contributed by atoms with van der Waals surface area (Å²) >= 11 is 0. The number of para-hydroxylation sites is 2. The van der Waals surface area contributed by atoms with E-state index >= 15 is 0 Å². The Labute approximate surface area is 113 Å². The van der Waals surface area contributed by atoms with Crippen molar-refractivity contribution in [2.24, 2.45) is 11.7 Å². The smallest absolute Gasteiger partial charge is 0.233 e. The number of carbonyl (C=O) groups is 1. The van der Waals surface area contributed by atoms with E-state index in [1.54, 1.807) is 7.11 Å². The van der Waals surface area contributed by atoms with Crippen LogP contribution in [-0.2, 0) is 4.79 Å². The molecule has 0 aromatic heterocycles. The average molecular weight is 263 g/mol. The van der Waals surface area contributed by atoms with Gasteiger partial charge in [-0.05, 0) is 24.5 Å². The van der Waals surface area contributed by atoms with Crippen LogP contribution in [0.2, 0.25) is 0 Å². The Morgan fingerprint density at radius 2 is 2.32 bits per heavy atom. The van der Waals surface area contributed by atoms with Gasteiger partial charge >= 0.3 is 0 Å². The minimum absolute atomic E-state index is 0.0585. The molecule has 1 aromatic rings. The van der Waals surface area contributed by atoms with Gasteiger partial charge in [0.05, 0.1) is 19.3 Å². The number of hydrogen-bond acceptors (Lipinski definition) is 4. The molecule has 3 N–H and O–H groups in total. The van der Waals surface area contributed by atoms with E-state index in [2.05, 4.69) is 16.3 Å². The van der Waals surface area contributed by atoms with Crippen LogP contribution in [0, 0.1) is 5.92 Å². The van der Waals surface area contributed by atoms with E-state index in [4.69, 9.17) is 10.5 Å². The second-order valence-corrected chi connectivity index (χ2v) is 4.78. The lowest BCUT2D eigenvalue weighted by Gasteiger charge is -2.21. The highest BCUT2D eigenvalue weighted by Gasteiger charge is 2.24. The minimum atomic E-state index is -0.0873. The largest absolute Gasteiger partial charge is 0.495 e. The Hall–Kier alpha value is -1.75. The van der Waals surface area contributed by atoms with E-state index in [0.29, 0.717) is 12.5 Å². The number of nitrogens with one attached hydrogen (secondary N) is 1. The maximum atomic E-state index is 11.2. The molecule has 0 radical (unpaired) electrons. The van der Waals surface area contributed by atoms with Gasteiger partial charge in [-0.3, -0.25) is 4.79 Å². The quantitative estimate of drug-likeness (QED) is 0.816. The molecule has 5 heteroatoms. The van der Waals surface area contributed by atoms with Crippen LogP contribution in [0.4, 0.5) is 5.69 Å². The number of ether oxygens (including phenoxy) is 1. The lowest BCUT2D eigenvalue weighted by molar-refractivity contribution is -0.119. The van der Waals surface area contributed by atoms with Crippen molar-refractivity contribution in [3.8, 4) is 5.75 Å². The van der Waals surface area contributed by atoms with Crippen molar-refractivity contribution in [2.75, 3.05) is 38.2 Å². The summed E-state index contributed by atoms with van der Waals surface area (Å²) < 4.78 is 5.38. The summed E-state index contributed by atoms with van der Waals surface area (Å²) in [7, 11) is 1.69. The monoisotopic (exact) mass is 263 g/mol. The number of benzene rings is 1. The number of nitrogens with two attached hydrogens (primary N) is 1. The standard InChI is InChI=1S/C14H21N3O2/c1-19-13-5-3-2-4-12(13)17-7-6-11(10-17)9-16-14(18)8-15/h2-5,11H,6-10,15H2,1H3,(H,16,18). The van der Waals surface area contributed by atoms with Crippen molar-refractivity contribution >= 4 is 11.6 Å². The molecule has 19 heavy (non-hydrogen) atoms. The summed E-state index contributed by atoms with van der Waals surface area (Å²) in [5.41, 5.74) is 6.40. The van der Waals surface area contributed by atoms with Gasteiger partial charge in [-0.1, -0.05) is 12.1 Å². The van der Waals surface area contributed by atoms with Gasteiger partial charge in [0.15, 0.2) is 0 Å². The van der Waals surface area contributed by atoms with Crippen LogP contribution in [0.5, 0.6) is 5.75 Å². The predicted molar refractivity (Wildman–Crippen MR) is 75.4 cm³/mol. The molecule has 0 bridgehead atoms. The van der Waals surface area contributed by atoms with Crippen molar-refractivity contribution in [1.29, 1.82) is 0 Å². The number of rotatable bonds is 5. The third kappa shape index (κ3) is 3.38. The number of hydrogen-bond donors (Lipinski definition) is 2. The second kappa shape index (κ2) is 6.43. The Bertz CT molecular complexity index is 436. The second-order valence-electron chi connectivity index (χ2n) is 4.78. The molecular weight excluding hydrogens is 242 g/mol. The lowest BCUT2D eigenvalue weighted by Crippen LogP contribution is -2.35. The van der Waals surface area contributed by atoms with E-state index in [1.807, 2.05) is 18.2 Å². The molecule has 1 unspecified atom stereocenters. The van der Waals surface area contributed by atoms with E-state index in [-0.39, 0.29) is 12.5 Å². The molecule has 0 aliphatic carbocycles. The van der Waals surface area contributed by atoms with E-state index in [9.17, 15) is 4.79 Å². The molecule has 1 aliphatic heterocycles. The Kier molecular flexibility index (Phi) is 4.63. The van der Waals surface area contributed by atoms with Crippen molar-refractivity contribution in [3.63, 3.8) is 0 Å². The minimum Gasteiger partial charge on any atom is -0.495 e. The lowest BCUT2D eigenvalue weighted by atomic mass is 10.1. The van der Waals surface area contributed by atoms with Gasteiger partial charge in [0.2, 0.25) is 5.91 Å². The van der Waals surface area contributed by atoms with Gasteiger partial charge in [0, 0.05) is 19.6 Å². The number of methoxy groups -OCH3 is 1. The first-order valence-electron chi connectivity index (χ1n) is 6.59. The zero-order valence-corrected chi connectivity index (χ0v) is 11.3. The molecule has 5 nitrogen and oxygen atoms in total. The Balaban J connectivity index is 1.92. The molecule has 1 aliphatic rings. The summed E-state index contributed by atoms with van der Waals surface area (Å²) in [5, 5.41) is 2.85. The van der Waals surface area contributed by atoms with Crippen LogP contribution < -0.4 is 20.7 Å². The van der Waals surface area contributed by atoms with Crippen LogP contribution in [-0.4, -0.2) is 39.2 Å². The van der Waals surface area contributed by atoms with Gasteiger partial charge in [-0.25, -0.2) is 0 Å². The highest BCUT2D eigenvalue weighted by Crippen LogP contribution is 2.31. The number of amides is 1. The number of nitrogens with zero attached hydrogens (tertiary/aromatic N) is 1. The molecule has 2 rings (SSSR count). The molecule has 1 fully saturated rings. The van der Waals surface area contributed by atoms with E-state index in [0.717, 1.165) is 30.9 Å². The topological polar surface area (TPSA) is 67.6 Å². The summed E-state index contributed by atoms with van der Waals surface area (Å²) in [4.78, 5) is 13.5. The third-order valence-electron chi connectivity index (χ3n) is 3.49. The molecule has 1 atom stereocenters. The van der Waals surface area contributed by atoms with Crippen LogP contribution >= 0.6 is 0 Å². The fourth-order valence-electron chi connectivity index (χ4n) is 2.44. The van der Waals surface area contributed by atoms with Crippen molar-refractivity contribution in [3.05, 3.63) is 24.3 Å². The van der Waals surface area contributed by atoms with Gasteiger partial charge in [-0.2, -0.15) is 0 Å². The molecule has 1 heterocycles. The van der Waals surface area contributed by atoms with Crippen molar-refractivity contribution in [1.82, 2.24) is 5.32 Å². The first-order valence-corrected chi connectivity index (χ1v) is 6.59. The number of carbonyl (C=O) groups excluding carboxylic acids is 1. The fourth-order valence-corrected chi connectivity index (χ4v) is 2.44. The SMILES string of the molecule is COc1ccccc1N1CCC(CNC(=O)CN)C1. The van der Waals surface area contributed by atoms with Crippen LogP contribution in [0.1, 0.15) is 6.42 Å². The summed E-state index contributed by atoms with van der Waals surface area (Å²) in [6.07, 6.45) is 1.07. The highest BCUT2D eigenvalue weighted by atomic mass is 16.5. The zero-order valence-electron chi connectivity index (χ0n) is 11.3. The molecule has 1 amide bonds. The zero-order chi connectivity index (χ0) is 13.7. The maximum Gasteiger partial charge on any atom is 0.233 e. The summed E-state index contributed by atoms with van der Waals surface area (Å²) in [6.45, 7) is 2.68. The van der Waals surface area contributed by atoms with Crippen LogP contribution in [0.15, 0.2) is 24.3 Å². The maximum absolute atomic E-state index is 11.2. The van der Waals surface area contributed by atoms with Crippen LogP contribution in [0.25, 0.3) is 0 Å². The first kappa shape index (κ1) is 13.7. The van der Waals surface area contributed by atoms with Gasteiger partial charge in [-0.15, -0.1) is 0 Å². The van der Waals surface area contributed by atoms with E-state index in [1.165, 1.54) is 0 Å². The van der Waals surface area contributed by atoms with Gasteiger partial charge in [0.25, 0.3) is 0 Å². The Morgan fingerprint density at radius 1 is 1.53 bits per heavy atom. The van der Waals surface area contributed by atoms with E-state index < -0.39 is 0 Å². The molecular formula is C14H21N3O2. The summed E-state index contributed by atoms with van der Waals surface area (Å²) in [5.74, 6) is 1.28.